The summed E-state index contributed by atoms with van der Waals surface area (Å²) in [5.41, 5.74) is 0. The van der Waals surface area contributed by atoms with Gasteiger partial charge in [0.05, 0.1) is 0 Å². The van der Waals surface area contributed by atoms with Crippen LogP contribution in [0, 0.1) is 0 Å². The molecule has 1 N–H and O–H groups in total. The third kappa shape index (κ3) is 4.44. The quantitative estimate of drug-likeness (QED) is 0.553. The van der Waals surface area contributed by atoms with Gasteiger partial charge in [0.2, 0.25) is 5.91 Å². The van der Waals surface area contributed by atoms with Gasteiger partial charge in [0.1, 0.15) is 6.04 Å². The van der Waals surface area contributed by atoms with Crippen molar-refractivity contribution in [2.45, 2.75) is 26.3 Å². The molecule has 0 aliphatic heterocycles. The lowest BCUT2D eigenvalue weighted by atomic mass is 10.2. The molecule has 0 aromatic carbocycles. The molecule has 0 fully saturated rings. The zero-order chi connectivity index (χ0) is 11.8. The number of carbonyl (C=O) groups is 2. The molecule has 4 heteroatoms. The minimum atomic E-state index is -0.979. The van der Waals surface area contributed by atoms with E-state index in [-0.39, 0.29) is 5.91 Å². The van der Waals surface area contributed by atoms with E-state index in [1.54, 1.807) is 25.2 Å². The first kappa shape index (κ1) is 13.4. The number of nitrogens with zero attached hydrogens (tertiary/aromatic N) is 1. The minimum absolute atomic E-state index is 0.303. The molecule has 0 rings (SSSR count). The van der Waals surface area contributed by atoms with Crippen molar-refractivity contribution >= 4 is 11.9 Å². The Balaban J connectivity index is 4.48. The summed E-state index contributed by atoms with van der Waals surface area (Å²) < 4.78 is 0. The lowest BCUT2D eigenvalue weighted by Crippen LogP contribution is -2.41. The Kier molecular flexibility index (Phi) is 6.09. The number of aliphatic carboxylic acids is 1. The number of likely N-dealkylation sites (N-methyl/N-ethyl adjacent to an activating group) is 1. The highest BCUT2D eigenvalue weighted by molar-refractivity contribution is 5.91. The van der Waals surface area contributed by atoms with Gasteiger partial charge in [-0.3, -0.25) is 4.79 Å². The fourth-order valence-electron chi connectivity index (χ4n) is 1.13. The molecule has 0 heterocycles. The largest absolute Gasteiger partial charge is 0.480 e. The highest BCUT2D eigenvalue weighted by Crippen LogP contribution is 2.03. The van der Waals surface area contributed by atoms with E-state index in [1.807, 2.05) is 6.92 Å². The van der Waals surface area contributed by atoms with Gasteiger partial charge in [-0.1, -0.05) is 25.2 Å². The SMILES string of the molecule is CC=CC=CC(=O)N(C)C(CC)C(=O)O. The van der Waals surface area contributed by atoms with Crippen LogP contribution in [0.4, 0.5) is 0 Å². The predicted molar refractivity (Wildman–Crippen MR) is 58.4 cm³/mol. The van der Waals surface area contributed by atoms with Crippen molar-refractivity contribution < 1.29 is 14.7 Å². The second-order valence-corrected chi connectivity index (χ2v) is 3.10. The third-order valence-corrected chi connectivity index (χ3v) is 2.03. The Bertz CT molecular complexity index is 282. The Morgan fingerprint density at radius 1 is 1.40 bits per heavy atom. The number of carboxylic acids is 1. The number of hydrogen-bond donors (Lipinski definition) is 1. The summed E-state index contributed by atoms with van der Waals surface area (Å²) in [6.07, 6.45) is 6.85. The van der Waals surface area contributed by atoms with Crippen molar-refractivity contribution in [2.75, 3.05) is 7.05 Å². The van der Waals surface area contributed by atoms with E-state index in [1.165, 1.54) is 18.0 Å². The maximum Gasteiger partial charge on any atom is 0.326 e. The fourth-order valence-corrected chi connectivity index (χ4v) is 1.13. The van der Waals surface area contributed by atoms with Crippen molar-refractivity contribution in [2.24, 2.45) is 0 Å². The van der Waals surface area contributed by atoms with Crippen LogP contribution in [-0.2, 0) is 9.59 Å². The maximum absolute atomic E-state index is 11.5. The molecule has 1 unspecified atom stereocenters. The molecular formula is C11H17NO3. The monoisotopic (exact) mass is 211 g/mol. The van der Waals surface area contributed by atoms with Gasteiger partial charge in [0.25, 0.3) is 0 Å². The highest BCUT2D eigenvalue weighted by Gasteiger charge is 2.22. The molecule has 0 aliphatic carbocycles. The van der Waals surface area contributed by atoms with Crippen LogP contribution in [0.25, 0.3) is 0 Å². The average Bonchev–Trinajstić information content (AvgIpc) is 2.18. The third-order valence-electron chi connectivity index (χ3n) is 2.03. The summed E-state index contributed by atoms with van der Waals surface area (Å²) in [6.45, 7) is 3.57. The van der Waals surface area contributed by atoms with E-state index in [0.29, 0.717) is 6.42 Å². The van der Waals surface area contributed by atoms with E-state index in [9.17, 15) is 9.59 Å². The summed E-state index contributed by atoms with van der Waals surface area (Å²) in [5.74, 6) is -1.28. The van der Waals surface area contributed by atoms with Crippen LogP contribution in [0.2, 0.25) is 0 Å². The average molecular weight is 211 g/mol. The first-order valence-electron chi connectivity index (χ1n) is 4.83. The Morgan fingerprint density at radius 2 is 2.00 bits per heavy atom. The van der Waals surface area contributed by atoms with Crippen LogP contribution in [0.15, 0.2) is 24.3 Å². The number of hydrogen-bond acceptors (Lipinski definition) is 2. The molecule has 15 heavy (non-hydrogen) atoms. The van der Waals surface area contributed by atoms with E-state index >= 15 is 0 Å². The Labute approximate surface area is 89.9 Å². The molecule has 1 atom stereocenters. The fraction of sp³-hybridized carbons (Fsp3) is 0.455. The second-order valence-electron chi connectivity index (χ2n) is 3.10. The van der Waals surface area contributed by atoms with Gasteiger partial charge in [-0.2, -0.15) is 0 Å². The zero-order valence-electron chi connectivity index (χ0n) is 9.30. The number of rotatable bonds is 5. The van der Waals surface area contributed by atoms with Gasteiger partial charge in [-0.25, -0.2) is 4.79 Å². The molecule has 0 aliphatic rings. The molecule has 0 aromatic rings. The van der Waals surface area contributed by atoms with Gasteiger partial charge in [-0.15, -0.1) is 0 Å². The summed E-state index contributed by atoms with van der Waals surface area (Å²) in [7, 11) is 1.49. The summed E-state index contributed by atoms with van der Waals surface area (Å²) in [5, 5.41) is 8.83. The Morgan fingerprint density at radius 3 is 2.40 bits per heavy atom. The van der Waals surface area contributed by atoms with Gasteiger partial charge in [0.15, 0.2) is 0 Å². The molecule has 1 amide bonds. The predicted octanol–water partition coefficient (Wildman–Crippen LogP) is 1.44. The lowest BCUT2D eigenvalue weighted by Gasteiger charge is -2.22. The number of carboxylic acid groups (broad SMARTS) is 1. The lowest BCUT2D eigenvalue weighted by molar-refractivity contribution is -0.147. The molecular weight excluding hydrogens is 194 g/mol. The van der Waals surface area contributed by atoms with Crippen molar-refractivity contribution in [3.8, 4) is 0 Å². The first-order valence-corrected chi connectivity index (χ1v) is 4.83. The topological polar surface area (TPSA) is 57.6 Å². The van der Waals surface area contributed by atoms with Gasteiger partial charge in [-0.05, 0) is 13.3 Å². The van der Waals surface area contributed by atoms with E-state index in [4.69, 9.17) is 5.11 Å². The van der Waals surface area contributed by atoms with Crippen molar-refractivity contribution in [3.63, 3.8) is 0 Å². The minimum Gasteiger partial charge on any atom is -0.480 e. The van der Waals surface area contributed by atoms with E-state index in [2.05, 4.69) is 0 Å². The van der Waals surface area contributed by atoms with Crippen molar-refractivity contribution in [1.82, 2.24) is 4.90 Å². The summed E-state index contributed by atoms with van der Waals surface area (Å²) >= 11 is 0. The van der Waals surface area contributed by atoms with E-state index < -0.39 is 12.0 Å². The van der Waals surface area contributed by atoms with Crippen molar-refractivity contribution in [1.29, 1.82) is 0 Å². The molecule has 0 aromatic heterocycles. The van der Waals surface area contributed by atoms with Gasteiger partial charge >= 0.3 is 5.97 Å². The standard InChI is InChI=1S/C11H17NO3/c1-4-6-7-8-10(13)12(3)9(5-2)11(14)15/h4,6-9H,5H2,1-3H3,(H,14,15). The molecule has 0 bridgehead atoms. The van der Waals surface area contributed by atoms with Gasteiger partial charge in [0, 0.05) is 13.1 Å². The van der Waals surface area contributed by atoms with Crippen molar-refractivity contribution in [3.05, 3.63) is 24.3 Å². The molecule has 0 radical (unpaired) electrons. The van der Waals surface area contributed by atoms with Crippen LogP contribution >= 0.6 is 0 Å². The van der Waals surface area contributed by atoms with Gasteiger partial charge < -0.3 is 10.0 Å². The summed E-state index contributed by atoms with van der Waals surface area (Å²) in [4.78, 5) is 23.5. The smallest absolute Gasteiger partial charge is 0.326 e. The summed E-state index contributed by atoms with van der Waals surface area (Å²) in [6, 6.07) is -0.757. The number of amides is 1. The maximum atomic E-state index is 11.5. The van der Waals surface area contributed by atoms with Crippen LogP contribution in [0.5, 0.6) is 0 Å². The molecule has 0 spiro atoms. The molecule has 84 valence electrons. The van der Waals surface area contributed by atoms with Crippen LogP contribution in [-0.4, -0.2) is 35.0 Å². The molecule has 4 nitrogen and oxygen atoms in total. The number of allylic oxidation sites excluding steroid dienone is 3. The van der Waals surface area contributed by atoms with E-state index in [0.717, 1.165) is 0 Å². The first-order chi connectivity index (χ1) is 7.04. The molecule has 0 saturated heterocycles. The van der Waals surface area contributed by atoms with Crippen LogP contribution in [0.3, 0.4) is 0 Å². The normalized spacial score (nSPS) is 13.3. The zero-order valence-corrected chi connectivity index (χ0v) is 9.30. The number of carbonyl (C=O) groups excluding carboxylic acids is 1. The highest BCUT2D eigenvalue weighted by atomic mass is 16.4. The molecule has 0 saturated carbocycles. The Hall–Kier alpha value is -1.58. The van der Waals surface area contributed by atoms with Crippen LogP contribution in [0.1, 0.15) is 20.3 Å². The van der Waals surface area contributed by atoms with Crippen LogP contribution < -0.4 is 0 Å². The second kappa shape index (κ2) is 6.81.